The van der Waals surface area contributed by atoms with Gasteiger partial charge in [-0.2, -0.15) is 0 Å². The van der Waals surface area contributed by atoms with Gasteiger partial charge >= 0.3 is 0 Å². The summed E-state index contributed by atoms with van der Waals surface area (Å²) in [5, 5.41) is 0. The molecule has 0 amide bonds. The summed E-state index contributed by atoms with van der Waals surface area (Å²) in [4.78, 5) is 0. The van der Waals surface area contributed by atoms with Gasteiger partial charge in [0.15, 0.2) is 0 Å². The van der Waals surface area contributed by atoms with Crippen LogP contribution in [0.25, 0.3) is 0 Å². The second-order valence-corrected chi connectivity index (χ2v) is 4.21. The van der Waals surface area contributed by atoms with Crippen LogP contribution in [0.3, 0.4) is 0 Å². The van der Waals surface area contributed by atoms with E-state index in [2.05, 4.69) is 6.92 Å². The second-order valence-electron chi connectivity index (χ2n) is 4.21. The molecule has 3 unspecified atom stereocenters. The molecular formula is C10H16O4. The molecule has 0 bridgehead atoms. The molecule has 0 radical (unpaired) electrons. The van der Waals surface area contributed by atoms with Crippen molar-refractivity contribution in [2.45, 2.75) is 31.3 Å². The number of hydrogen-bond donors (Lipinski definition) is 0. The van der Waals surface area contributed by atoms with Gasteiger partial charge in [0.25, 0.3) is 0 Å². The molecule has 0 aromatic rings. The molecule has 14 heavy (non-hydrogen) atoms. The molecule has 3 aliphatic heterocycles. The molecule has 0 aromatic carbocycles. The monoisotopic (exact) mass is 200 g/mol. The van der Waals surface area contributed by atoms with Gasteiger partial charge in [-0.25, -0.2) is 0 Å². The van der Waals surface area contributed by atoms with Gasteiger partial charge in [0, 0.05) is 5.92 Å². The summed E-state index contributed by atoms with van der Waals surface area (Å²) in [5.41, 5.74) is 0. The Balaban J connectivity index is 1.80. The fraction of sp³-hybridized carbons (Fsp3) is 1.00. The molecule has 4 nitrogen and oxygen atoms in total. The van der Waals surface area contributed by atoms with Gasteiger partial charge in [0.2, 0.25) is 5.79 Å². The van der Waals surface area contributed by atoms with Gasteiger partial charge < -0.3 is 18.9 Å². The number of hydrogen-bond acceptors (Lipinski definition) is 4. The van der Waals surface area contributed by atoms with E-state index in [0.717, 1.165) is 13.0 Å². The van der Waals surface area contributed by atoms with Crippen molar-refractivity contribution >= 4 is 0 Å². The Bertz CT molecular complexity index is 224. The quantitative estimate of drug-likeness (QED) is 0.619. The molecule has 4 heteroatoms. The zero-order valence-electron chi connectivity index (χ0n) is 8.40. The van der Waals surface area contributed by atoms with Crippen molar-refractivity contribution in [3.8, 4) is 0 Å². The molecule has 80 valence electrons. The van der Waals surface area contributed by atoms with E-state index in [1.807, 2.05) is 0 Å². The van der Waals surface area contributed by atoms with Crippen LogP contribution in [0.5, 0.6) is 0 Å². The summed E-state index contributed by atoms with van der Waals surface area (Å²) < 4.78 is 22.8. The molecular weight excluding hydrogens is 184 g/mol. The molecule has 0 aliphatic carbocycles. The van der Waals surface area contributed by atoms with Crippen molar-refractivity contribution in [3.63, 3.8) is 0 Å². The van der Waals surface area contributed by atoms with Gasteiger partial charge in [-0.05, 0) is 6.42 Å². The SMILES string of the molecule is CCC1COC2C1OCC21OCCO1. The maximum Gasteiger partial charge on any atom is 0.221 e. The summed E-state index contributed by atoms with van der Waals surface area (Å²) in [6.07, 6.45) is 1.27. The second kappa shape index (κ2) is 3.17. The first-order valence-electron chi connectivity index (χ1n) is 5.37. The lowest BCUT2D eigenvalue weighted by molar-refractivity contribution is -0.206. The minimum absolute atomic E-state index is 0.00468. The summed E-state index contributed by atoms with van der Waals surface area (Å²) >= 11 is 0. The van der Waals surface area contributed by atoms with Crippen molar-refractivity contribution in [1.82, 2.24) is 0 Å². The van der Waals surface area contributed by atoms with Crippen LogP contribution in [-0.4, -0.2) is 44.4 Å². The Morgan fingerprint density at radius 1 is 1.21 bits per heavy atom. The van der Waals surface area contributed by atoms with E-state index in [9.17, 15) is 0 Å². The topological polar surface area (TPSA) is 36.9 Å². The zero-order valence-corrected chi connectivity index (χ0v) is 8.40. The molecule has 3 aliphatic rings. The van der Waals surface area contributed by atoms with Crippen LogP contribution in [0.1, 0.15) is 13.3 Å². The summed E-state index contributed by atoms with van der Waals surface area (Å²) in [7, 11) is 0. The highest BCUT2D eigenvalue weighted by molar-refractivity contribution is 5.00. The molecule has 0 saturated carbocycles. The van der Waals surface area contributed by atoms with Crippen molar-refractivity contribution in [2.75, 3.05) is 26.4 Å². The molecule has 3 saturated heterocycles. The number of ether oxygens (including phenoxy) is 4. The van der Waals surface area contributed by atoms with E-state index < -0.39 is 5.79 Å². The fourth-order valence-corrected chi connectivity index (χ4v) is 2.63. The third-order valence-corrected chi connectivity index (χ3v) is 3.46. The minimum Gasteiger partial charge on any atom is -0.369 e. The number of fused-ring (bicyclic) bond motifs is 2. The van der Waals surface area contributed by atoms with Crippen LogP contribution in [0, 0.1) is 5.92 Å². The zero-order chi connectivity index (χ0) is 9.60. The molecule has 3 heterocycles. The van der Waals surface area contributed by atoms with E-state index in [1.165, 1.54) is 0 Å². The first-order valence-corrected chi connectivity index (χ1v) is 5.37. The molecule has 3 rings (SSSR count). The van der Waals surface area contributed by atoms with Gasteiger partial charge in [-0.15, -0.1) is 0 Å². The van der Waals surface area contributed by atoms with Crippen molar-refractivity contribution in [2.24, 2.45) is 5.92 Å². The molecule has 3 fully saturated rings. The lowest BCUT2D eigenvalue weighted by atomic mass is 9.97. The van der Waals surface area contributed by atoms with Crippen molar-refractivity contribution in [1.29, 1.82) is 0 Å². The van der Waals surface area contributed by atoms with E-state index in [-0.39, 0.29) is 12.2 Å². The third kappa shape index (κ3) is 1.08. The summed E-state index contributed by atoms with van der Waals surface area (Å²) in [6.45, 7) is 4.79. The largest absolute Gasteiger partial charge is 0.369 e. The normalized spacial score (nSPS) is 44.8. The highest BCUT2D eigenvalue weighted by Gasteiger charge is 2.59. The molecule has 3 atom stereocenters. The van der Waals surface area contributed by atoms with Crippen LogP contribution >= 0.6 is 0 Å². The average molecular weight is 200 g/mol. The predicted molar refractivity (Wildman–Crippen MR) is 47.9 cm³/mol. The van der Waals surface area contributed by atoms with Crippen LogP contribution < -0.4 is 0 Å². The first kappa shape index (κ1) is 9.09. The van der Waals surface area contributed by atoms with Gasteiger partial charge in [0.1, 0.15) is 12.7 Å². The predicted octanol–water partition coefficient (Wildman–Crippen LogP) is 0.553. The van der Waals surface area contributed by atoms with Crippen LogP contribution in [0.4, 0.5) is 0 Å². The Labute approximate surface area is 83.5 Å². The van der Waals surface area contributed by atoms with Gasteiger partial charge in [-0.3, -0.25) is 0 Å². The lowest BCUT2D eigenvalue weighted by Crippen LogP contribution is -2.44. The standard InChI is InChI=1S/C10H16O4/c1-2-7-5-11-9-8(7)12-6-10(9)13-3-4-14-10/h7-9H,2-6H2,1H3. The minimum atomic E-state index is -0.575. The Morgan fingerprint density at radius 2 is 2.00 bits per heavy atom. The van der Waals surface area contributed by atoms with E-state index in [0.29, 0.717) is 25.7 Å². The number of rotatable bonds is 1. The smallest absolute Gasteiger partial charge is 0.221 e. The lowest BCUT2D eigenvalue weighted by Gasteiger charge is -2.25. The van der Waals surface area contributed by atoms with Gasteiger partial charge in [0.05, 0.1) is 25.9 Å². The summed E-state index contributed by atoms with van der Waals surface area (Å²) in [6, 6.07) is 0. The summed E-state index contributed by atoms with van der Waals surface area (Å²) in [5.74, 6) is -0.0682. The Kier molecular flexibility index (Phi) is 2.06. The van der Waals surface area contributed by atoms with Crippen LogP contribution in [-0.2, 0) is 18.9 Å². The van der Waals surface area contributed by atoms with E-state index >= 15 is 0 Å². The first-order chi connectivity index (χ1) is 6.86. The maximum atomic E-state index is 5.74. The fourth-order valence-electron chi connectivity index (χ4n) is 2.63. The van der Waals surface area contributed by atoms with Crippen molar-refractivity contribution < 1.29 is 18.9 Å². The van der Waals surface area contributed by atoms with Gasteiger partial charge in [-0.1, -0.05) is 6.92 Å². The average Bonchev–Trinajstić information content (AvgIpc) is 2.88. The Hall–Kier alpha value is -0.160. The van der Waals surface area contributed by atoms with E-state index in [1.54, 1.807) is 0 Å². The molecule has 0 aromatic heterocycles. The van der Waals surface area contributed by atoms with Crippen LogP contribution in [0.2, 0.25) is 0 Å². The third-order valence-electron chi connectivity index (χ3n) is 3.46. The highest BCUT2D eigenvalue weighted by Crippen LogP contribution is 2.42. The maximum absolute atomic E-state index is 5.74. The Morgan fingerprint density at radius 3 is 2.71 bits per heavy atom. The van der Waals surface area contributed by atoms with Crippen LogP contribution in [0.15, 0.2) is 0 Å². The molecule has 0 N–H and O–H groups in total. The highest BCUT2D eigenvalue weighted by atomic mass is 16.8. The molecule has 1 spiro atoms. The van der Waals surface area contributed by atoms with E-state index in [4.69, 9.17) is 18.9 Å². The van der Waals surface area contributed by atoms with Crippen molar-refractivity contribution in [3.05, 3.63) is 0 Å².